The van der Waals surface area contributed by atoms with Crippen LogP contribution in [0.25, 0.3) is 0 Å². The molecule has 0 unspecified atom stereocenters. The van der Waals surface area contributed by atoms with E-state index in [4.69, 9.17) is 16.0 Å². The van der Waals surface area contributed by atoms with Crippen molar-refractivity contribution in [1.82, 2.24) is 4.98 Å². The summed E-state index contributed by atoms with van der Waals surface area (Å²) in [5.74, 6) is 2.21. The predicted octanol–water partition coefficient (Wildman–Crippen LogP) is 3.81. The Balaban J connectivity index is 2.21. The number of hydrogen-bond donors (Lipinski definition) is 0. The summed E-state index contributed by atoms with van der Waals surface area (Å²) in [6.45, 7) is 0.672. The summed E-state index contributed by atoms with van der Waals surface area (Å²) in [5.41, 5.74) is 0.995. The van der Waals surface area contributed by atoms with E-state index in [2.05, 4.69) is 20.9 Å². The second-order valence-corrected chi connectivity index (χ2v) is 4.89. The summed E-state index contributed by atoms with van der Waals surface area (Å²) in [6, 6.07) is 5.80. The first kappa shape index (κ1) is 12.5. The van der Waals surface area contributed by atoms with Crippen LogP contribution in [0, 0.1) is 0 Å². The van der Waals surface area contributed by atoms with Gasteiger partial charge in [-0.3, -0.25) is 0 Å². The number of aromatic nitrogens is 1. The molecule has 0 amide bonds. The van der Waals surface area contributed by atoms with Crippen LogP contribution in [-0.2, 0) is 12.4 Å². The van der Waals surface area contributed by atoms with Gasteiger partial charge >= 0.3 is 0 Å². The van der Waals surface area contributed by atoms with Crippen LogP contribution in [-0.4, -0.2) is 12.0 Å². The number of rotatable bonds is 4. The molecule has 0 fully saturated rings. The number of pyridine rings is 1. The Morgan fingerprint density at radius 1 is 1.53 bits per heavy atom. The van der Waals surface area contributed by atoms with Crippen molar-refractivity contribution in [3.05, 3.63) is 46.5 Å². The van der Waals surface area contributed by atoms with Crippen molar-refractivity contribution in [1.29, 1.82) is 0 Å². The lowest BCUT2D eigenvalue weighted by atomic mass is 10.2. The van der Waals surface area contributed by atoms with Gasteiger partial charge in [-0.05, 0) is 34.1 Å². The van der Waals surface area contributed by atoms with Crippen LogP contribution in [0.15, 0.2) is 39.5 Å². The molecule has 0 aromatic carbocycles. The highest BCUT2D eigenvalue weighted by molar-refractivity contribution is 9.10. The Bertz CT molecular complexity index is 487. The van der Waals surface area contributed by atoms with Gasteiger partial charge in [0.15, 0.2) is 0 Å². The molecule has 0 aliphatic heterocycles. The Morgan fingerprint density at radius 2 is 2.35 bits per heavy atom. The second-order valence-electron chi connectivity index (χ2n) is 3.71. The van der Waals surface area contributed by atoms with E-state index >= 15 is 0 Å². The molecule has 0 aliphatic carbocycles. The highest BCUT2D eigenvalue weighted by Gasteiger charge is 2.10. The second kappa shape index (κ2) is 5.56. The van der Waals surface area contributed by atoms with Gasteiger partial charge in [0.1, 0.15) is 11.6 Å². The summed E-state index contributed by atoms with van der Waals surface area (Å²) in [7, 11) is 1.97. The molecule has 0 N–H and O–H groups in total. The Hall–Kier alpha value is -1.00. The van der Waals surface area contributed by atoms with Gasteiger partial charge in [-0.2, -0.15) is 0 Å². The molecule has 0 aliphatic rings. The number of halogens is 2. The smallest absolute Gasteiger partial charge is 0.133 e. The Morgan fingerprint density at radius 3 is 3.00 bits per heavy atom. The number of furan rings is 1. The van der Waals surface area contributed by atoms with Crippen LogP contribution in [0.2, 0.25) is 0 Å². The molecule has 3 nitrogen and oxygen atoms in total. The maximum absolute atomic E-state index is 5.92. The highest BCUT2D eigenvalue weighted by Crippen LogP contribution is 2.23. The minimum atomic E-state index is 0.435. The Kier molecular flexibility index (Phi) is 4.07. The lowest BCUT2D eigenvalue weighted by molar-refractivity contribution is 0.507. The maximum Gasteiger partial charge on any atom is 0.133 e. The molecule has 2 heterocycles. The van der Waals surface area contributed by atoms with E-state index in [1.807, 2.05) is 30.1 Å². The van der Waals surface area contributed by atoms with Gasteiger partial charge in [-0.1, -0.05) is 0 Å². The molecule has 0 saturated carbocycles. The molecule has 2 aromatic heterocycles. The van der Waals surface area contributed by atoms with Crippen LogP contribution in [0.4, 0.5) is 5.82 Å². The van der Waals surface area contributed by atoms with E-state index in [0.717, 1.165) is 21.6 Å². The van der Waals surface area contributed by atoms with Crippen molar-refractivity contribution in [3.63, 3.8) is 0 Å². The third kappa shape index (κ3) is 3.01. The first-order valence-electron chi connectivity index (χ1n) is 5.14. The number of alkyl halides is 1. The topological polar surface area (TPSA) is 29.3 Å². The average Bonchev–Trinajstić information content (AvgIpc) is 2.81. The van der Waals surface area contributed by atoms with Gasteiger partial charge in [0, 0.05) is 23.3 Å². The van der Waals surface area contributed by atoms with E-state index < -0.39 is 0 Å². The standard InChI is InChI=1S/C12H12BrClN2O/c1-16(8-11-3-2-4-17-11)12-9(6-14)5-10(13)7-15-12/h2-5,7H,6,8H2,1H3. The van der Waals surface area contributed by atoms with Gasteiger partial charge in [0.05, 0.1) is 18.7 Å². The Labute approximate surface area is 114 Å². The summed E-state index contributed by atoms with van der Waals surface area (Å²) >= 11 is 9.31. The normalized spacial score (nSPS) is 10.5. The van der Waals surface area contributed by atoms with Crippen molar-refractivity contribution in [2.45, 2.75) is 12.4 Å². The largest absolute Gasteiger partial charge is 0.467 e. The zero-order chi connectivity index (χ0) is 12.3. The first-order valence-corrected chi connectivity index (χ1v) is 6.47. The quantitative estimate of drug-likeness (QED) is 0.803. The fourth-order valence-corrected chi connectivity index (χ4v) is 2.20. The van der Waals surface area contributed by atoms with E-state index in [0.29, 0.717) is 12.4 Å². The molecule has 0 radical (unpaired) electrons. The zero-order valence-corrected chi connectivity index (χ0v) is 11.7. The van der Waals surface area contributed by atoms with E-state index in [-0.39, 0.29) is 0 Å². The van der Waals surface area contributed by atoms with Crippen LogP contribution in [0.3, 0.4) is 0 Å². The van der Waals surface area contributed by atoms with Crippen LogP contribution in [0.1, 0.15) is 11.3 Å². The minimum absolute atomic E-state index is 0.435. The number of hydrogen-bond acceptors (Lipinski definition) is 3. The van der Waals surface area contributed by atoms with Gasteiger partial charge in [0.25, 0.3) is 0 Å². The van der Waals surface area contributed by atoms with Crippen LogP contribution >= 0.6 is 27.5 Å². The molecule has 2 aromatic rings. The highest BCUT2D eigenvalue weighted by atomic mass is 79.9. The predicted molar refractivity (Wildman–Crippen MR) is 72.3 cm³/mol. The third-order valence-corrected chi connectivity index (χ3v) is 3.11. The molecule has 90 valence electrons. The number of anilines is 1. The lowest BCUT2D eigenvalue weighted by Crippen LogP contribution is -2.18. The van der Waals surface area contributed by atoms with E-state index in [9.17, 15) is 0 Å². The molecular formula is C12H12BrClN2O. The van der Waals surface area contributed by atoms with Gasteiger partial charge < -0.3 is 9.32 Å². The molecule has 5 heteroatoms. The van der Waals surface area contributed by atoms with Crippen molar-refractivity contribution in [3.8, 4) is 0 Å². The SMILES string of the molecule is CN(Cc1ccco1)c1ncc(Br)cc1CCl. The fraction of sp³-hybridized carbons (Fsp3) is 0.250. The maximum atomic E-state index is 5.92. The van der Waals surface area contributed by atoms with Gasteiger partial charge in [-0.15, -0.1) is 11.6 Å². The molecule has 0 saturated heterocycles. The summed E-state index contributed by atoms with van der Waals surface area (Å²) < 4.78 is 6.24. The summed E-state index contributed by atoms with van der Waals surface area (Å²) in [4.78, 5) is 6.40. The van der Waals surface area contributed by atoms with Crippen molar-refractivity contribution in [2.75, 3.05) is 11.9 Å². The molecular weight excluding hydrogens is 304 g/mol. The fourth-order valence-electron chi connectivity index (χ4n) is 1.63. The zero-order valence-electron chi connectivity index (χ0n) is 9.36. The van der Waals surface area contributed by atoms with Crippen molar-refractivity contribution >= 4 is 33.3 Å². The first-order chi connectivity index (χ1) is 8.20. The third-order valence-electron chi connectivity index (χ3n) is 2.39. The molecule has 17 heavy (non-hydrogen) atoms. The summed E-state index contributed by atoms with van der Waals surface area (Å²) in [5, 5.41) is 0. The van der Waals surface area contributed by atoms with Crippen molar-refractivity contribution < 1.29 is 4.42 Å². The van der Waals surface area contributed by atoms with Crippen LogP contribution < -0.4 is 4.90 Å². The lowest BCUT2D eigenvalue weighted by Gasteiger charge is -2.19. The van der Waals surface area contributed by atoms with Gasteiger partial charge in [0.2, 0.25) is 0 Å². The molecule has 0 spiro atoms. The van der Waals surface area contributed by atoms with Crippen molar-refractivity contribution in [2.24, 2.45) is 0 Å². The van der Waals surface area contributed by atoms with E-state index in [1.165, 1.54) is 0 Å². The monoisotopic (exact) mass is 314 g/mol. The molecule has 0 atom stereocenters. The minimum Gasteiger partial charge on any atom is -0.467 e. The van der Waals surface area contributed by atoms with Crippen LogP contribution in [0.5, 0.6) is 0 Å². The van der Waals surface area contributed by atoms with E-state index in [1.54, 1.807) is 12.5 Å². The summed E-state index contributed by atoms with van der Waals surface area (Å²) in [6.07, 6.45) is 3.44. The molecule has 2 rings (SSSR count). The number of nitrogens with zero attached hydrogens (tertiary/aromatic N) is 2. The average molecular weight is 316 g/mol. The van der Waals surface area contributed by atoms with Gasteiger partial charge in [-0.25, -0.2) is 4.98 Å². The molecule has 0 bridgehead atoms.